The Morgan fingerprint density at radius 2 is 1.92 bits per heavy atom. The second-order valence-electron chi connectivity index (χ2n) is 5.84. The molecule has 0 unspecified atom stereocenters. The summed E-state index contributed by atoms with van der Waals surface area (Å²) in [6, 6.07) is 11.6. The van der Waals surface area contributed by atoms with Crippen molar-refractivity contribution in [2.45, 2.75) is 26.9 Å². The zero-order valence-corrected chi connectivity index (χ0v) is 14.4. The summed E-state index contributed by atoms with van der Waals surface area (Å²) in [5.41, 5.74) is 3.42. The highest BCUT2D eigenvalue weighted by Gasteiger charge is 2.18. The first-order valence-corrected chi connectivity index (χ1v) is 8.04. The molecule has 0 saturated carbocycles. The molecule has 1 N–H and O–H groups in total. The van der Waals surface area contributed by atoms with E-state index in [2.05, 4.69) is 15.4 Å². The van der Waals surface area contributed by atoms with Crippen molar-refractivity contribution >= 4 is 11.6 Å². The number of rotatable bonds is 5. The van der Waals surface area contributed by atoms with Crippen LogP contribution >= 0.6 is 0 Å². The third-order valence-electron chi connectivity index (χ3n) is 3.83. The van der Waals surface area contributed by atoms with Gasteiger partial charge in [0.1, 0.15) is 0 Å². The summed E-state index contributed by atoms with van der Waals surface area (Å²) in [6.45, 7) is 5.51. The van der Waals surface area contributed by atoms with E-state index in [1.54, 1.807) is 24.0 Å². The van der Waals surface area contributed by atoms with Gasteiger partial charge in [-0.2, -0.15) is 0 Å². The topological polar surface area (TPSA) is 69.0 Å². The molecule has 128 valence electrons. The number of carbonyl (C=O) groups excluding carboxylic acids is 1. The van der Waals surface area contributed by atoms with E-state index in [-0.39, 0.29) is 5.91 Å². The Morgan fingerprint density at radius 1 is 1.16 bits per heavy atom. The van der Waals surface area contributed by atoms with Crippen molar-refractivity contribution in [3.8, 4) is 11.6 Å². The highest BCUT2D eigenvalue weighted by molar-refractivity contribution is 5.94. The average molecular weight is 336 g/mol. The van der Waals surface area contributed by atoms with E-state index in [4.69, 9.17) is 4.74 Å². The van der Waals surface area contributed by atoms with E-state index < -0.39 is 6.10 Å². The Balaban J connectivity index is 1.71. The zero-order chi connectivity index (χ0) is 17.8. The van der Waals surface area contributed by atoms with Gasteiger partial charge in [0.05, 0.1) is 17.6 Å². The van der Waals surface area contributed by atoms with Crippen LogP contribution in [0, 0.1) is 13.8 Å². The fraction of sp³-hybridized carbons (Fsp3) is 0.211. The van der Waals surface area contributed by atoms with Gasteiger partial charge >= 0.3 is 0 Å². The minimum absolute atomic E-state index is 0.246. The number of carbonyl (C=O) groups is 1. The van der Waals surface area contributed by atoms with Gasteiger partial charge in [-0.1, -0.05) is 18.2 Å². The number of hydrogen-bond acceptors (Lipinski definition) is 4. The lowest BCUT2D eigenvalue weighted by molar-refractivity contribution is -0.122. The van der Waals surface area contributed by atoms with Gasteiger partial charge in [-0.3, -0.25) is 9.78 Å². The first-order chi connectivity index (χ1) is 12.0. The fourth-order valence-electron chi connectivity index (χ4n) is 2.32. The van der Waals surface area contributed by atoms with Crippen LogP contribution in [0.15, 0.2) is 55.0 Å². The molecule has 0 radical (unpaired) electrons. The number of benzene rings is 1. The van der Waals surface area contributed by atoms with Gasteiger partial charge in [0, 0.05) is 18.0 Å². The lowest BCUT2D eigenvalue weighted by Crippen LogP contribution is -2.30. The Kier molecular flexibility index (Phi) is 4.79. The molecule has 1 amide bonds. The summed E-state index contributed by atoms with van der Waals surface area (Å²) in [6.07, 6.45) is 4.50. The molecule has 1 atom stereocenters. The van der Waals surface area contributed by atoms with Gasteiger partial charge in [0.15, 0.2) is 6.10 Å². The highest BCUT2D eigenvalue weighted by atomic mass is 16.5. The van der Waals surface area contributed by atoms with E-state index >= 15 is 0 Å². The number of anilines is 1. The maximum Gasteiger partial charge on any atom is 0.265 e. The number of hydrogen-bond donors (Lipinski definition) is 1. The molecule has 0 fully saturated rings. The molecule has 1 aromatic carbocycles. The quantitative estimate of drug-likeness (QED) is 0.776. The molecule has 0 spiro atoms. The van der Waals surface area contributed by atoms with Crippen LogP contribution in [0.25, 0.3) is 5.69 Å². The number of para-hydroxylation sites is 1. The molecule has 6 heteroatoms. The predicted molar refractivity (Wildman–Crippen MR) is 96.0 cm³/mol. The van der Waals surface area contributed by atoms with Crippen molar-refractivity contribution in [1.29, 1.82) is 0 Å². The van der Waals surface area contributed by atoms with E-state index in [0.717, 1.165) is 16.8 Å². The fourth-order valence-corrected chi connectivity index (χ4v) is 2.32. The largest absolute Gasteiger partial charge is 0.463 e. The van der Waals surface area contributed by atoms with Gasteiger partial charge < -0.3 is 10.1 Å². The number of aryl methyl sites for hydroxylation is 2. The van der Waals surface area contributed by atoms with Crippen LogP contribution in [0.3, 0.4) is 0 Å². The second kappa shape index (κ2) is 7.17. The summed E-state index contributed by atoms with van der Waals surface area (Å²) < 4.78 is 7.49. The van der Waals surface area contributed by atoms with Crippen molar-refractivity contribution in [1.82, 2.24) is 14.8 Å². The number of amides is 1. The predicted octanol–water partition coefficient (Wildman–Crippen LogP) is 3.29. The van der Waals surface area contributed by atoms with Crippen molar-refractivity contribution in [3.05, 3.63) is 66.1 Å². The monoisotopic (exact) mass is 336 g/mol. The summed E-state index contributed by atoms with van der Waals surface area (Å²) in [7, 11) is 0. The van der Waals surface area contributed by atoms with Crippen LogP contribution in [0.1, 0.15) is 18.1 Å². The summed E-state index contributed by atoms with van der Waals surface area (Å²) >= 11 is 0. The molecular weight excluding hydrogens is 316 g/mol. The molecule has 0 bridgehead atoms. The van der Waals surface area contributed by atoms with Crippen LogP contribution in [0.5, 0.6) is 5.88 Å². The Bertz CT molecular complexity index is 874. The normalized spacial score (nSPS) is 11.8. The van der Waals surface area contributed by atoms with E-state index in [9.17, 15) is 4.79 Å². The van der Waals surface area contributed by atoms with Crippen molar-refractivity contribution < 1.29 is 9.53 Å². The molecule has 3 rings (SSSR count). The van der Waals surface area contributed by atoms with Crippen LogP contribution in [-0.2, 0) is 4.79 Å². The van der Waals surface area contributed by atoms with Gasteiger partial charge in [-0.05, 0) is 44.5 Å². The maximum absolute atomic E-state index is 12.4. The molecule has 0 aliphatic heterocycles. The standard InChI is InChI=1S/C19H20N4O2/c1-13-9-10-20-11-17(13)21-18(24)15(3)25-19-14(2)12-23(22-19)16-7-5-4-6-8-16/h4-12,15H,1-3H3,(H,21,24)/t15-/m0/s1. The van der Waals surface area contributed by atoms with Crippen LogP contribution in [0.2, 0.25) is 0 Å². The number of nitrogens with one attached hydrogen (secondary N) is 1. The molecule has 2 aromatic heterocycles. The van der Waals surface area contributed by atoms with Crippen molar-refractivity contribution in [2.24, 2.45) is 0 Å². The average Bonchev–Trinajstić information content (AvgIpc) is 2.98. The van der Waals surface area contributed by atoms with Crippen molar-refractivity contribution in [3.63, 3.8) is 0 Å². The molecular formula is C19H20N4O2. The lowest BCUT2D eigenvalue weighted by atomic mass is 10.2. The Labute approximate surface area is 146 Å². The number of ether oxygens (including phenoxy) is 1. The number of aromatic nitrogens is 3. The minimum Gasteiger partial charge on any atom is -0.463 e. The highest BCUT2D eigenvalue weighted by Crippen LogP contribution is 2.20. The van der Waals surface area contributed by atoms with Crippen molar-refractivity contribution in [2.75, 3.05) is 5.32 Å². The number of pyridine rings is 1. The second-order valence-corrected chi connectivity index (χ2v) is 5.84. The first-order valence-electron chi connectivity index (χ1n) is 8.04. The smallest absolute Gasteiger partial charge is 0.265 e. The molecule has 3 aromatic rings. The van der Waals surface area contributed by atoms with E-state index in [1.807, 2.05) is 56.4 Å². The van der Waals surface area contributed by atoms with Crippen LogP contribution in [-0.4, -0.2) is 26.8 Å². The van der Waals surface area contributed by atoms with Gasteiger partial charge in [0.25, 0.3) is 5.91 Å². The zero-order valence-electron chi connectivity index (χ0n) is 14.4. The maximum atomic E-state index is 12.4. The molecule has 2 heterocycles. The Morgan fingerprint density at radius 3 is 2.64 bits per heavy atom. The molecule has 0 aliphatic rings. The lowest BCUT2D eigenvalue weighted by Gasteiger charge is -2.14. The minimum atomic E-state index is -0.683. The third-order valence-corrected chi connectivity index (χ3v) is 3.83. The molecule has 0 saturated heterocycles. The Hall–Kier alpha value is -3.15. The molecule has 25 heavy (non-hydrogen) atoms. The SMILES string of the molecule is Cc1ccncc1NC(=O)[C@H](C)Oc1nn(-c2ccccc2)cc1C. The summed E-state index contributed by atoms with van der Waals surface area (Å²) in [4.78, 5) is 16.4. The number of nitrogens with zero attached hydrogens (tertiary/aromatic N) is 3. The molecule has 0 aliphatic carbocycles. The molecule has 6 nitrogen and oxygen atoms in total. The van der Waals surface area contributed by atoms with Gasteiger partial charge in [0.2, 0.25) is 5.88 Å². The van der Waals surface area contributed by atoms with Gasteiger partial charge in [-0.15, -0.1) is 5.10 Å². The van der Waals surface area contributed by atoms with E-state index in [0.29, 0.717) is 11.6 Å². The first kappa shape index (κ1) is 16.7. The van der Waals surface area contributed by atoms with Gasteiger partial charge in [-0.25, -0.2) is 4.68 Å². The third kappa shape index (κ3) is 3.85. The van der Waals surface area contributed by atoms with E-state index in [1.165, 1.54) is 0 Å². The van der Waals surface area contributed by atoms with Crippen LogP contribution in [0.4, 0.5) is 5.69 Å². The van der Waals surface area contributed by atoms with Crippen LogP contribution < -0.4 is 10.1 Å². The summed E-state index contributed by atoms with van der Waals surface area (Å²) in [5.74, 6) is 0.194. The summed E-state index contributed by atoms with van der Waals surface area (Å²) in [5, 5.41) is 7.26.